The van der Waals surface area contributed by atoms with Gasteiger partial charge in [-0.1, -0.05) is 31.9 Å². The van der Waals surface area contributed by atoms with Crippen molar-refractivity contribution in [2.75, 3.05) is 7.05 Å². The van der Waals surface area contributed by atoms with Gasteiger partial charge in [-0.3, -0.25) is 0 Å². The van der Waals surface area contributed by atoms with E-state index in [1.165, 1.54) is 5.56 Å². The third-order valence-electron chi connectivity index (χ3n) is 1.82. The van der Waals surface area contributed by atoms with Crippen LogP contribution in [-0.4, -0.2) is 7.05 Å². The summed E-state index contributed by atoms with van der Waals surface area (Å²) in [4.78, 5) is 0. The molecule has 1 nitrogen and oxygen atoms in total. The van der Waals surface area contributed by atoms with Gasteiger partial charge < -0.3 is 5.32 Å². The highest BCUT2D eigenvalue weighted by Crippen LogP contribution is 2.23. The van der Waals surface area contributed by atoms with Gasteiger partial charge in [0.1, 0.15) is 0 Å². The molecule has 1 rings (SSSR count). The molecule has 66 valence electrons. The summed E-state index contributed by atoms with van der Waals surface area (Å²) in [6, 6.07) is 6.66. The molecular weight excluding hydrogens is 282 g/mol. The molecule has 0 bridgehead atoms. The molecule has 1 atom stereocenters. The fourth-order valence-corrected chi connectivity index (χ4v) is 2.32. The summed E-state index contributed by atoms with van der Waals surface area (Å²) in [5.74, 6) is 0. The zero-order valence-corrected chi connectivity index (χ0v) is 10.2. The summed E-state index contributed by atoms with van der Waals surface area (Å²) < 4.78 is 2.21. The van der Waals surface area contributed by atoms with Crippen molar-refractivity contribution in [3.63, 3.8) is 0 Å². The van der Waals surface area contributed by atoms with Crippen molar-refractivity contribution < 1.29 is 0 Å². The molecule has 0 aliphatic heterocycles. The van der Waals surface area contributed by atoms with Gasteiger partial charge in [0.05, 0.1) is 0 Å². The number of hydrogen-bond donors (Lipinski definition) is 1. The molecule has 0 saturated heterocycles. The van der Waals surface area contributed by atoms with Crippen LogP contribution in [0.4, 0.5) is 0 Å². The number of halogens is 2. The molecule has 1 aromatic carbocycles. The zero-order chi connectivity index (χ0) is 9.14. The summed E-state index contributed by atoms with van der Waals surface area (Å²) in [5.41, 5.74) is 1.28. The Morgan fingerprint density at radius 3 is 2.08 bits per heavy atom. The minimum Gasteiger partial charge on any atom is -0.313 e. The van der Waals surface area contributed by atoms with Crippen LogP contribution in [0, 0.1) is 0 Å². The Morgan fingerprint density at radius 2 is 1.67 bits per heavy atom. The van der Waals surface area contributed by atoms with Gasteiger partial charge in [-0.05, 0) is 37.7 Å². The van der Waals surface area contributed by atoms with E-state index < -0.39 is 0 Å². The SMILES string of the molecule is CNC(C)c1cc(Br)cc(Br)c1. The highest BCUT2D eigenvalue weighted by Gasteiger charge is 2.03. The summed E-state index contributed by atoms with van der Waals surface area (Å²) in [6.07, 6.45) is 0. The zero-order valence-electron chi connectivity index (χ0n) is 7.07. The maximum absolute atomic E-state index is 3.45. The van der Waals surface area contributed by atoms with E-state index >= 15 is 0 Å². The fraction of sp³-hybridized carbons (Fsp3) is 0.333. The first-order chi connectivity index (χ1) is 5.63. The fourth-order valence-electron chi connectivity index (χ4n) is 0.992. The lowest BCUT2D eigenvalue weighted by Gasteiger charge is -2.11. The topological polar surface area (TPSA) is 12.0 Å². The molecule has 0 heterocycles. The van der Waals surface area contributed by atoms with Gasteiger partial charge in [-0.15, -0.1) is 0 Å². The van der Waals surface area contributed by atoms with E-state index in [0.717, 1.165) is 8.95 Å². The Bertz CT molecular complexity index is 253. The predicted octanol–water partition coefficient (Wildman–Crippen LogP) is 3.49. The van der Waals surface area contributed by atoms with Crippen molar-refractivity contribution in [1.29, 1.82) is 0 Å². The van der Waals surface area contributed by atoms with Crippen LogP contribution in [0.3, 0.4) is 0 Å². The quantitative estimate of drug-likeness (QED) is 0.880. The Morgan fingerprint density at radius 1 is 1.17 bits per heavy atom. The molecule has 0 amide bonds. The smallest absolute Gasteiger partial charge is 0.0289 e. The van der Waals surface area contributed by atoms with Crippen molar-refractivity contribution in [3.05, 3.63) is 32.7 Å². The average molecular weight is 293 g/mol. The average Bonchev–Trinajstić information content (AvgIpc) is 2.01. The maximum Gasteiger partial charge on any atom is 0.0289 e. The van der Waals surface area contributed by atoms with Crippen molar-refractivity contribution in [1.82, 2.24) is 5.32 Å². The van der Waals surface area contributed by atoms with Crippen LogP contribution in [0.2, 0.25) is 0 Å². The Labute approximate surface area is 89.8 Å². The lowest BCUT2D eigenvalue weighted by molar-refractivity contribution is 0.651. The first kappa shape index (κ1) is 10.2. The maximum atomic E-state index is 3.45. The second kappa shape index (κ2) is 4.40. The van der Waals surface area contributed by atoms with Gasteiger partial charge in [0.2, 0.25) is 0 Å². The van der Waals surface area contributed by atoms with Crippen LogP contribution in [0.1, 0.15) is 18.5 Å². The molecule has 0 aliphatic carbocycles. The van der Waals surface area contributed by atoms with E-state index in [4.69, 9.17) is 0 Å². The summed E-state index contributed by atoms with van der Waals surface area (Å²) in [6.45, 7) is 2.13. The normalized spacial score (nSPS) is 13.0. The minimum atomic E-state index is 0.388. The van der Waals surface area contributed by atoms with Crippen molar-refractivity contribution in [2.24, 2.45) is 0 Å². The highest BCUT2D eigenvalue weighted by molar-refractivity contribution is 9.11. The molecule has 1 aromatic rings. The third-order valence-corrected chi connectivity index (χ3v) is 2.73. The molecule has 0 saturated carbocycles. The van der Waals surface area contributed by atoms with Crippen LogP contribution in [0.5, 0.6) is 0 Å². The van der Waals surface area contributed by atoms with Crippen LogP contribution >= 0.6 is 31.9 Å². The molecule has 1 unspecified atom stereocenters. The van der Waals surface area contributed by atoms with Gasteiger partial charge in [0.25, 0.3) is 0 Å². The van der Waals surface area contributed by atoms with Gasteiger partial charge in [0.15, 0.2) is 0 Å². The largest absolute Gasteiger partial charge is 0.313 e. The Hall–Kier alpha value is 0.140. The number of rotatable bonds is 2. The van der Waals surface area contributed by atoms with E-state index in [-0.39, 0.29) is 0 Å². The van der Waals surface area contributed by atoms with Gasteiger partial charge in [0, 0.05) is 15.0 Å². The Kier molecular flexibility index (Phi) is 3.75. The minimum absolute atomic E-state index is 0.388. The standard InChI is InChI=1S/C9H11Br2N/c1-6(12-2)7-3-8(10)5-9(11)4-7/h3-6,12H,1-2H3. The third kappa shape index (κ3) is 2.57. The second-order valence-corrected chi connectivity index (χ2v) is 4.54. The number of hydrogen-bond acceptors (Lipinski definition) is 1. The first-order valence-electron chi connectivity index (χ1n) is 3.76. The molecule has 0 aliphatic rings. The van der Waals surface area contributed by atoms with Gasteiger partial charge in [-0.25, -0.2) is 0 Å². The lowest BCUT2D eigenvalue weighted by Crippen LogP contribution is -2.12. The van der Waals surface area contributed by atoms with Crippen LogP contribution < -0.4 is 5.32 Å². The van der Waals surface area contributed by atoms with Crippen LogP contribution in [0.15, 0.2) is 27.1 Å². The monoisotopic (exact) mass is 291 g/mol. The van der Waals surface area contributed by atoms with E-state index in [2.05, 4.69) is 56.2 Å². The molecule has 1 N–H and O–H groups in total. The van der Waals surface area contributed by atoms with Gasteiger partial charge in [-0.2, -0.15) is 0 Å². The van der Waals surface area contributed by atoms with Crippen molar-refractivity contribution in [3.8, 4) is 0 Å². The van der Waals surface area contributed by atoms with E-state index in [9.17, 15) is 0 Å². The molecule has 12 heavy (non-hydrogen) atoms. The molecular formula is C9H11Br2N. The molecule has 0 radical (unpaired) electrons. The molecule has 3 heteroatoms. The van der Waals surface area contributed by atoms with Gasteiger partial charge >= 0.3 is 0 Å². The van der Waals surface area contributed by atoms with Crippen molar-refractivity contribution in [2.45, 2.75) is 13.0 Å². The first-order valence-corrected chi connectivity index (χ1v) is 5.35. The predicted molar refractivity (Wildman–Crippen MR) is 59.3 cm³/mol. The highest BCUT2D eigenvalue weighted by atomic mass is 79.9. The molecule has 0 spiro atoms. The lowest BCUT2D eigenvalue weighted by atomic mass is 10.1. The second-order valence-electron chi connectivity index (χ2n) is 2.71. The number of nitrogens with one attached hydrogen (secondary N) is 1. The summed E-state index contributed by atoms with van der Waals surface area (Å²) in [7, 11) is 1.96. The van der Waals surface area contributed by atoms with Crippen molar-refractivity contribution >= 4 is 31.9 Å². The summed E-state index contributed by atoms with van der Waals surface area (Å²) in [5, 5.41) is 3.19. The van der Waals surface area contributed by atoms with E-state index in [0.29, 0.717) is 6.04 Å². The summed E-state index contributed by atoms with van der Waals surface area (Å²) >= 11 is 6.91. The molecule has 0 aromatic heterocycles. The Balaban J connectivity index is 3.00. The van der Waals surface area contributed by atoms with E-state index in [1.54, 1.807) is 0 Å². The van der Waals surface area contributed by atoms with Crippen LogP contribution in [0.25, 0.3) is 0 Å². The van der Waals surface area contributed by atoms with E-state index in [1.807, 2.05) is 13.1 Å². The van der Waals surface area contributed by atoms with Crippen LogP contribution in [-0.2, 0) is 0 Å². The molecule has 0 fully saturated rings. The number of benzene rings is 1.